The lowest BCUT2D eigenvalue weighted by atomic mass is 9.86. The first-order chi connectivity index (χ1) is 9.06. The normalized spacial score (nSPS) is 20.3. The molecule has 19 heavy (non-hydrogen) atoms. The summed E-state index contributed by atoms with van der Waals surface area (Å²) in [4.78, 5) is 14.3. The predicted molar refractivity (Wildman–Crippen MR) is 74.4 cm³/mol. The van der Waals surface area contributed by atoms with Crippen molar-refractivity contribution >= 4 is 41.4 Å². The Morgan fingerprint density at radius 1 is 1.42 bits per heavy atom. The molecule has 1 aliphatic heterocycles. The summed E-state index contributed by atoms with van der Waals surface area (Å²) in [6.45, 7) is 3.36. The van der Waals surface area contributed by atoms with Crippen LogP contribution in [0.1, 0.15) is 12.5 Å². The van der Waals surface area contributed by atoms with Crippen LogP contribution in [0.3, 0.4) is 0 Å². The van der Waals surface area contributed by atoms with Gasteiger partial charge in [-0.2, -0.15) is 4.98 Å². The fourth-order valence-electron chi connectivity index (χ4n) is 2.46. The summed E-state index contributed by atoms with van der Waals surface area (Å²) in [5.41, 5.74) is 1.20. The van der Waals surface area contributed by atoms with Gasteiger partial charge < -0.3 is 14.4 Å². The first-order valence-corrected chi connectivity index (χ1v) is 6.79. The van der Waals surface area contributed by atoms with E-state index in [1.807, 2.05) is 9.38 Å². The fraction of sp³-hybridized carbons (Fsp3) is 0.500. The van der Waals surface area contributed by atoms with E-state index in [4.69, 9.17) is 23.2 Å². The third-order valence-corrected chi connectivity index (χ3v) is 3.90. The average molecular weight is 300 g/mol. The smallest absolute Gasteiger partial charge is 0.376 e. The highest BCUT2D eigenvalue weighted by atomic mass is 35.5. The van der Waals surface area contributed by atoms with Crippen LogP contribution in [0, 0.1) is 0 Å². The zero-order valence-electron chi connectivity index (χ0n) is 10.3. The molecule has 0 spiro atoms. The average Bonchev–Trinajstić information content (AvgIpc) is 2.93. The van der Waals surface area contributed by atoms with E-state index in [1.54, 1.807) is 13.2 Å². The Kier molecular flexibility index (Phi) is 3.38. The zero-order valence-corrected chi connectivity index (χ0v) is 11.8. The zero-order chi connectivity index (χ0) is 13.6. The molecule has 100 valence electrons. The van der Waals surface area contributed by atoms with Gasteiger partial charge in [0.25, 0.3) is 0 Å². The van der Waals surface area contributed by atoms with Crippen LogP contribution >= 0.6 is 23.2 Å². The van der Waals surface area contributed by atoms with Crippen LogP contribution in [-0.2, 0) is 0 Å². The van der Waals surface area contributed by atoms with Crippen molar-refractivity contribution in [2.24, 2.45) is 0 Å². The summed E-state index contributed by atoms with van der Waals surface area (Å²) in [7, 11) is -0.443. The van der Waals surface area contributed by atoms with Crippen LogP contribution < -0.4 is 0 Å². The van der Waals surface area contributed by atoms with Gasteiger partial charge in [0.2, 0.25) is 5.28 Å². The maximum absolute atomic E-state index is 9.60. The van der Waals surface area contributed by atoms with E-state index in [0.29, 0.717) is 11.2 Å². The van der Waals surface area contributed by atoms with Crippen molar-refractivity contribution in [1.29, 1.82) is 0 Å². The first kappa shape index (κ1) is 13.1. The minimum atomic E-state index is -0.443. The predicted octanol–water partition coefficient (Wildman–Crippen LogP) is 1.49. The summed E-state index contributed by atoms with van der Waals surface area (Å²) in [6.07, 6.45) is 2.63. The van der Waals surface area contributed by atoms with Crippen molar-refractivity contribution in [2.75, 3.05) is 13.1 Å². The van der Waals surface area contributed by atoms with Crippen LogP contribution in [-0.4, -0.2) is 49.5 Å². The molecule has 6 nitrogen and oxygen atoms in total. The van der Waals surface area contributed by atoms with Crippen LogP contribution in [0.2, 0.25) is 17.3 Å². The summed E-state index contributed by atoms with van der Waals surface area (Å²) in [5.74, 6) is 0. The van der Waals surface area contributed by atoms with E-state index >= 15 is 0 Å². The Morgan fingerprint density at radius 2 is 2.21 bits per heavy atom. The van der Waals surface area contributed by atoms with Crippen LogP contribution in [0.25, 0.3) is 11.2 Å². The minimum absolute atomic E-state index is 0.115. The number of hydrogen-bond donors (Lipinski definition) is 1. The molecule has 0 amide bonds. The summed E-state index contributed by atoms with van der Waals surface area (Å²) < 4.78 is 1.96. The van der Waals surface area contributed by atoms with E-state index in [9.17, 15) is 5.02 Å². The van der Waals surface area contributed by atoms with E-state index < -0.39 is 7.05 Å². The van der Waals surface area contributed by atoms with Gasteiger partial charge in [0.15, 0.2) is 10.8 Å². The van der Waals surface area contributed by atoms with Crippen molar-refractivity contribution < 1.29 is 5.02 Å². The largest absolute Gasteiger partial charge is 0.437 e. The molecule has 0 aliphatic carbocycles. The van der Waals surface area contributed by atoms with E-state index in [-0.39, 0.29) is 16.5 Å². The van der Waals surface area contributed by atoms with E-state index in [2.05, 4.69) is 15.0 Å². The molecular formula is C10H12BCl2N5O. The number of fused-ring (bicyclic) bond motifs is 1. The van der Waals surface area contributed by atoms with Crippen molar-refractivity contribution in [3.63, 3.8) is 0 Å². The topological polar surface area (TPSA) is 67.1 Å². The second-order valence-electron chi connectivity index (χ2n) is 4.68. The van der Waals surface area contributed by atoms with Crippen molar-refractivity contribution in [2.45, 2.75) is 19.3 Å². The van der Waals surface area contributed by atoms with Gasteiger partial charge in [0.05, 0.1) is 6.33 Å². The second-order valence-corrected chi connectivity index (χ2v) is 5.37. The van der Waals surface area contributed by atoms with Crippen LogP contribution in [0.5, 0.6) is 0 Å². The lowest BCUT2D eigenvalue weighted by Crippen LogP contribution is -2.35. The SMILES string of the molecule is CB(O)N1CCC(n2cnc3c(Cl)nc(Cl)nc32)C1. The van der Waals surface area contributed by atoms with Gasteiger partial charge in [0.1, 0.15) is 5.52 Å². The monoisotopic (exact) mass is 299 g/mol. The Morgan fingerprint density at radius 3 is 2.89 bits per heavy atom. The molecule has 9 heteroatoms. The highest BCUT2D eigenvalue weighted by Crippen LogP contribution is 2.28. The van der Waals surface area contributed by atoms with Gasteiger partial charge in [-0.3, -0.25) is 0 Å². The molecule has 2 aromatic rings. The van der Waals surface area contributed by atoms with Crippen molar-refractivity contribution in [3.8, 4) is 0 Å². The van der Waals surface area contributed by atoms with Gasteiger partial charge in [-0.25, -0.2) is 9.97 Å². The quantitative estimate of drug-likeness (QED) is 0.517. The molecule has 1 unspecified atom stereocenters. The molecule has 1 aliphatic rings. The molecule has 2 aromatic heterocycles. The number of halogens is 2. The molecule has 3 rings (SSSR count). The lowest BCUT2D eigenvalue weighted by Gasteiger charge is -2.17. The minimum Gasteiger partial charge on any atom is -0.437 e. The van der Waals surface area contributed by atoms with E-state index in [0.717, 1.165) is 19.5 Å². The molecule has 0 aromatic carbocycles. The molecule has 0 saturated carbocycles. The summed E-state index contributed by atoms with van der Waals surface area (Å²) in [6, 6.07) is 0.210. The third-order valence-electron chi connectivity index (χ3n) is 3.47. The fourth-order valence-corrected chi connectivity index (χ4v) is 2.88. The Bertz CT molecular complexity index is 619. The van der Waals surface area contributed by atoms with Crippen molar-refractivity contribution in [3.05, 3.63) is 16.8 Å². The maximum Gasteiger partial charge on any atom is 0.376 e. The van der Waals surface area contributed by atoms with Gasteiger partial charge in [-0.15, -0.1) is 0 Å². The van der Waals surface area contributed by atoms with E-state index in [1.165, 1.54) is 0 Å². The van der Waals surface area contributed by atoms with Gasteiger partial charge in [-0.05, 0) is 31.4 Å². The number of rotatable bonds is 2. The molecule has 1 saturated heterocycles. The first-order valence-electron chi connectivity index (χ1n) is 6.04. The maximum atomic E-state index is 9.60. The molecule has 0 radical (unpaired) electrons. The number of aromatic nitrogens is 4. The van der Waals surface area contributed by atoms with Crippen LogP contribution in [0.4, 0.5) is 0 Å². The Labute approximate surface area is 120 Å². The van der Waals surface area contributed by atoms with Crippen molar-refractivity contribution in [1.82, 2.24) is 24.3 Å². The summed E-state index contributed by atoms with van der Waals surface area (Å²) in [5, 5.41) is 9.98. The molecule has 1 N–H and O–H groups in total. The molecule has 0 bridgehead atoms. The third kappa shape index (κ3) is 2.31. The molecule has 1 atom stereocenters. The number of imidazole rings is 1. The molecule has 3 heterocycles. The Hall–Kier alpha value is -0.885. The summed E-state index contributed by atoms with van der Waals surface area (Å²) >= 11 is 11.8. The highest BCUT2D eigenvalue weighted by molar-refractivity contribution is 6.45. The molecular weight excluding hydrogens is 288 g/mol. The highest BCUT2D eigenvalue weighted by Gasteiger charge is 2.29. The van der Waals surface area contributed by atoms with Gasteiger partial charge in [0, 0.05) is 12.6 Å². The number of nitrogens with zero attached hydrogens (tertiary/aromatic N) is 5. The van der Waals surface area contributed by atoms with Gasteiger partial charge >= 0.3 is 7.05 Å². The lowest BCUT2D eigenvalue weighted by molar-refractivity contribution is 0.408. The van der Waals surface area contributed by atoms with Crippen LogP contribution in [0.15, 0.2) is 6.33 Å². The number of hydrogen-bond acceptors (Lipinski definition) is 5. The van der Waals surface area contributed by atoms with Gasteiger partial charge in [-0.1, -0.05) is 11.6 Å². The second kappa shape index (κ2) is 4.90. The standard InChI is InChI=1S/C10H12BCl2N5O/c1-11(19)17-3-2-6(4-17)18-5-14-7-8(12)15-10(13)16-9(7)18/h5-6,19H,2-4H2,1H3. The molecule has 1 fully saturated rings. The Balaban J connectivity index is 1.98.